The number of hydrogen-bond donors (Lipinski definition) is 0. The third-order valence-corrected chi connectivity index (χ3v) is 3.63. The second kappa shape index (κ2) is 5.02. The lowest BCUT2D eigenvalue weighted by molar-refractivity contribution is 0.174. The minimum Gasteiger partial charge on any atom is -0.454 e. The largest absolute Gasteiger partial charge is 0.454 e. The van der Waals surface area contributed by atoms with Gasteiger partial charge in [0.25, 0.3) is 5.89 Å². The lowest BCUT2D eigenvalue weighted by Crippen LogP contribution is -1.92. The highest BCUT2D eigenvalue weighted by atomic mass is 32.1. The number of nitrogens with zero attached hydrogens (tertiary/aromatic N) is 3. The molecule has 0 amide bonds. The molecule has 104 valence electrons. The Hall–Kier alpha value is -2.67. The van der Waals surface area contributed by atoms with Crippen molar-refractivity contribution < 1.29 is 14.0 Å². The summed E-state index contributed by atoms with van der Waals surface area (Å²) in [7, 11) is 0. The number of hydrogen-bond acceptors (Lipinski definition) is 7. The molecule has 21 heavy (non-hydrogen) atoms. The molecule has 0 fully saturated rings. The van der Waals surface area contributed by atoms with Crippen LogP contribution in [0.25, 0.3) is 23.5 Å². The van der Waals surface area contributed by atoms with Crippen molar-refractivity contribution in [2.45, 2.75) is 0 Å². The van der Waals surface area contributed by atoms with E-state index in [1.807, 2.05) is 29.7 Å². The molecule has 0 N–H and O–H groups in total. The van der Waals surface area contributed by atoms with Gasteiger partial charge < -0.3 is 14.0 Å². The van der Waals surface area contributed by atoms with Gasteiger partial charge in [-0.25, -0.2) is 4.98 Å². The van der Waals surface area contributed by atoms with Crippen LogP contribution in [0.3, 0.4) is 0 Å². The van der Waals surface area contributed by atoms with E-state index in [1.54, 1.807) is 23.6 Å². The fourth-order valence-corrected chi connectivity index (χ4v) is 2.44. The third-order valence-electron chi connectivity index (χ3n) is 2.89. The molecular weight excluding hydrogens is 290 g/mol. The monoisotopic (exact) mass is 299 g/mol. The average molecular weight is 299 g/mol. The van der Waals surface area contributed by atoms with Crippen LogP contribution in [0.1, 0.15) is 10.9 Å². The zero-order valence-corrected chi connectivity index (χ0v) is 11.5. The van der Waals surface area contributed by atoms with Crippen LogP contribution in [0, 0.1) is 0 Å². The van der Waals surface area contributed by atoms with Crippen molar-refractivity contribution in [3.63, 3.8) is 0 Å². The molecule has 1 aliphatic heterocycles. The Balaban J connectivity index is 1.59. The summed E-state index contributed by atoms with van der Waals surface area (Å²) >= 11 is 1.54. The van der Waals surface area contributed by atoms with Crippen LogP contribution in [0.4, 0.5) is 0 Å². The first-order chi connectivity index (χ1) is 10.4. The molecule has 3 heterocycles. The van der Waals surface area contributed by atoms with Crippen LogP contribution >= 0.6 is 11.3 Å². The van der Waals surface area contributed by atoms with Crippen LogP contribution < -0.4 is 9.47 Å². The molecule has 0 radical (unpaired) electrons. The zero-order valence-electron chi connectivity index (χ0n) is 10.7. The van der Waals surface area contributed by atoms with Crippen LogP contribution in [0.5, 0.6) is 11.5 Å². The molecule has 7 heteroatoms. The second-order valence-corrected chi connectivity index (χ2v) is 5.15. The molecule has 0 aliphatic carbocycles. The highest BCUT2D eigenvalue weighted by Crippen LogP contribution is 2.35. The molecule has 1 aliphatic rings. The van der Waals surface area contributed by atoms with E-state index < -0.39 is 0 Å². The van der Waals surface area contributed by atoms with Crippen LogP contribution in [-0.2, 0) is 0 Å². The Kier molecular flexibility index (Phi) is 2.89. The number of rotatable bonds is 3. The molecule has 2 aromatic heterocycles. The van der Waals surface area contributed by atoms with E-state index in [0.29, 0.717) is 17.5 Å². The van der Waals surface area contributed by atoms with E-state index in [0.717, 1.165) is 16.3 Å². The van der Waals surface area contributed by atoms with Gasteiger partial charge in [-0.1, -0.05) is 5.16 Å². The lowest BCUT2D eigenvalue weighted by Gasteiger charge is -1.97. The van der Waals surface area contributed by atoms with Gasteiger partial charge in [0, 0.05) is 23.2 Å². The van der Waals surface area contributed by atoms with Gasteiger partial charge in [-0.15, -0.1) is 11.3 Å². The maximum Gasteiger partial charge on any atom is 0.251 e. The fourth-order valence-electron chi connectivity index (χ4n) is 1.92. The molecule has 0 spiro atoms. The van der Waals surface area contributed by atoms with E-state index in [-0.39, 0.29) is 6.79 Å². The lowest BCUT2D eigenvalue weighted by atomic mass is 10.2. The van der Waals surface area contributed by atoms with E-state index in [4.69, 9.17) is 14.0 Å². The van der Waals surface area contributed by atoms with Crippen LogP contribution in [0.15, 0.2) is 34.3 Å². The number of benzene rings is 1. The summed E-state index contributed by atoms with van der Waals surface area (Å²) in [6.07, 6.45) is 5.32. The fraction of sp³-hybridized carbons (Fsp3) is 0.0714. The molecule has 0 unspecified atom stereocenters. The average Bonchev–Trinajstić information content (AvgIpc) is 3.25. The van der Waals surface area contributed by atoms with E-state index in [1.165, 1.54) is 0 Å². The number of thiazole rings is 1. The first-order valence-electron chi connectivity index (χ1n) is 6.20. The summed E-state index contributed by atoms with van der Waals surface area (Å²) in [6.45, 7) is 0.243. The van der Waals surface area contributed by atoms with Gasteiger partial charge >= 0.3 is 0 Å². The van der Waals surface area contributed by atoms with Crippen molar-refractivity contribution in [3.8, 4) is 22.9 Å². The minimum absolute atomic E-state index is 0.243. The third kappa shape index (κ3) is 2.38. The van der Waals surface area contributed by atoms with Gasteiger partial charge in [0.1, 0.15) is 5.01 Å². The standard InChI is InChI=1S/C14H9N3O3S/c1-2-10-11(19-8-18-10)7-9(1)14-16-12(20-17-14)3-4-13-15-5-6-21-13/h1-7H,8H2/b4-3+. The summed E-state index contributed by atoms with van der Waals surface area (Å²) < 4.78 is 15.8. The Morgan fingerprint density at radius 3 is 3.00 bits per heavy atom. The van der Waals surface area contributed by atoms with Crippen molar-refractivity contribution in [1.29, 1.82) is 0 Å². The van der Waals surface area contributed by atoms with Gasteiger partial charge in [-0.05, 0) is 24.3 Å². The number of aromatic nitrogens is 3. The number of fused-ring (bicyclic) bond motifs is 1. The van der Waals surface area contributed by atoms with E-state index in [9.17, 15) is 0 Å². The summed E-state index contributed by atoms with van der Waals surface area (Å²) in [5.41, 5.74) is 0.817. The Labute approximate surface area is 123 Å². The quantitative estimate of drug-likeness (QED) is 0.740. The maximum atomic E-state index is 5.33. The predicted molar refractivity (Wildman–Crippen MR) is 76.9 cm³/mol. The molecular formula is C14H9N3O3S. The van der Waals surface area contributed by atoms with Gasteiger partial charge in [-0.2, -0.15) is 4.98 Å². The smallest absolute Gasteiger partial charge is 0.251 e. The molecule has 1 aromatic carbocycles. The Morgan fingerprint density at radius 1 is 1.14 bits per heavy atom. The highest BCUT2D eigenvalue weighted by molar-refractivity contribution is 7.10. The topological polar surface area (TPSA) is 70.3 Å². The summed E-state index contributed by atoms with van der Waals surface area (Å²) in [6, 6.07) is 5.54. The Bertz CT molecular complexity index is 796. The van der Waals surface area contributed by atoms with Crippen molar-refractivity contribution in [1.82, 2.24) is 15.1 Å². The normalized spacial score (nSPS) is 13.1. The minimum atomic E-state index is 0.243. The SMILES string of the molecule is C(=C\c1nccs1)/c1nc(-c2ccc3c(c2)OCO3)no1. The van der Waals surface area contributed by atoms with Gasteiger partial charge in [0.2, 0.25) is 12.6 Å². The molecule has 6 nitrogen and oxygen atoms in total. The first-order valence-corrected chi connectivity index (χ1v) is 7.08. The van der Waals surface area contributed by atoms with Crippen molar-refractivity contribution >= 4 is 23.5 Å². The van der Waals surface area contributed by atoms with Crippen LogP contribution in [-0.4, -0.2) is 21.9 Å². The first kappa shape index (κ1) is 12.1. The highest BCUT2D eigenvalue weighted by Gasteiger charge is 2.16. The molecule has 3 aromatic rings. The van der Waals surface area contributed by atoms with Gasteiger partial charge in [0.05, 0.1) is 0 Å². The zero-order chi connectivity index (χ0) is 14.1. The Morgan fingerprint density at radius 2 is 2.10 bits per heavy atom. The van der Waals surface area contributed by atoms with Crippen molar-refractivity contribution in [3.05, 3.63) is 40.7 Å². The molecule has 4 rings (SSSR count). The maximum absolute atomic E-state index is 5.33. The second-order valence-electron chi connectivity index (χ2n) is 4.23. The van der Waals surface area contributed by atoms with Crippen molar-refractivity contribution in [2.75, 3.05) is 6.79 Å². The molecule has 0 saturated heterocycles. The molecule has 0 saturated carbocycles. The summed E-state index contributed by atoms with van der Waals surface area (Å²) in [4.78, 5) is 8.47. The van der Waals surface area contributed by atoms with Crippen molar-refractivity contribution in [2.24, 2.45) is 0 Å². The van der Waals surface area contributed by atoms with E-state index >= 15 is 0 Å². The predicted octanol–water partition coefficient (Wildman–Crippen LogP) is 3.09. The van der Waals surface area contributed by atoms with Crippen LogP contribution in [0.2, 0.25) is 0 Å². The number of ether oxygens (including phenoxy) is 2. The van der Waals surface area contributed by atoms with Gasteiger partial charge in [0.15, 0.2) is 11.5 Å². The molecule has 0 bridgehead atoms. The van der Waals surface area contributed by atoms with E-state index in [2.05, 4.69) is 15.1 Å². The molecule has 0 atom stereocenters. The summed E-state index contributed by atoms with van der Waals surface area (Å²) in [5, 5.41) is 6.76. The summed E-state index contributed by atoms with van der Waals surface area (Å²) in [5.74, 6) is 2.35. The van der Waals surface area contributed by atoms with Gasteiger partial charge in [-0.3, -0.25) is 0 Å².